The number of aromatic nitrogens is 2. The molecule has 1 aromatic heterocycles. The van der Waals surface area contributed by atoms with Gasteiger partial charge in [-0.1, -0.05) is 12.1 Å². The van der Waals surface area contributed by atoms with Crippen LogP contribution in [0, 0.1) is 16.5 Å². The van der Waals surface area contributed by atoms with Crippen LogP contribution in [-0.2, 0) is 7.05 Å². The van der Waals surface area contributed by atoms with E-state index in [-0.39, 0.29) is 35.3 Å². The van der Waals surface area contributed by atoms with E-state index in [4.69, 9.17) is 5.26 Å². The largest absolute Gasteiger partial charge is 1.00 e. The number of fused-ring (bicyclic) bond motifs is 1. The minimum atomic E-state index is -0.200. The predicted molar refractivity (Wildman–Crippen MR) is 56.2 cm³/mol. The summed E-state index contributed by atoms with van der Waals surface area (Å²) in [5.41, 5.74) is 1.41. The average molecular weight is 222 g/mol. The maximum atomic E-state index is 10.4. The summed E-state index contributed by atoms with van der Waals surface area (Å²) in [5.74, 6) is 0.300. The summed E-state index contributed by atoms with van der Waals surface area (Å²) >= 11 is 0. The Morgan fingerprint density at radius 3 is 2.75 bits per heavy atom. The Balaban J connectivity index is 0.00000128. The molecule has 0 bridgehead atoms. The molecule has 6 heteroatoms. The first-order valence-corrected chi connectivity index (χ1v) is 4.30. The zero-order valence-electron chi connectivity index (χ0n) is 9.01. The third kappa shape index (κ3) is 1.95. The van der Waals surface area contributed by atoms with Crippen LogP contribution < -0.4 is 29.6 Å². The first-order valence-electron chi connectivity index (χ1n) is 4.30. The molecule has 0 atom stereocenters. The van der Waals surface area contributed by atoms with Crippen LogP contribution >= 0.6 is 0 Å². The molecule has 2 aromatic rings. The maximum Gasteiger partial charge on any atom is 1.00 e. The van der Waals surface area contributed by atoms with E-state index in [0.29, 0.717) is 5.82 Å². The minimum Gasteiger partial charge on any atom is -0.791 e. The van der Waals surface area contributed by atoms with Crippen molar-refractivity contribution in [2.45, 2.75) is 0 Å². The average Bonchev–Trinajstić information content (AvgIpc) is 2.60. The van der Waals surface area contributed by atoms with E-state index in [9.17, 15) is 5.21 Å². The van der Waals surface area contributed by atoms with Crippen LogP contribution in [0.2, 0.25) is 0 Å². The van der Waals surface area contributed by atoms with Gasteiger partial charge >= 0.3 is 29.6 Å². The second-order valence-electron chi connectivity index (χ2n) is 3.03. The van der Waals surface area contributed by atoms with Gasteiger partial charge in [0.15, 0.2) is 11.5 Å². The molecule has 0 amide bonds. The fraction of sp³-hybridized carbons (Fsp3) is 0.100. The number of nitriles is 1. The number of aryl methyl sites for hydroxylation is 1. The second-order valence-corrected chi connectivity index (χ2v) is 3.03. The standard InChI is InChI=1S/C10H8N4O.Na/c1-14-9-5-3-2-4-7(9)12-10(14)8(6-11)13-15;/h2-5,15H,1H3;/q;+1/p-1/b13-8+;. The number of hydrogen-bond acceptors (Lipinski definition) is 4. The Morgan fingerprint density at radius 2 is 2.19 bits per heavy atom. The normalized spacial score (nSPS) is 10.9. The van der Waals surface area contributed by atoms with Gasteiger partial charge < -0.3 is 14.9 Å². The SMILES string of the molecule is Cn1c(/C(C#N)=N/[O-])nc2ccccc21.[Na+]. The van der Waals surface area contributed by atoms with E-state index in [0.717, 1.165) is 11.0 Å². The van der Waals surface area contributed by atoms with E-state index >= 15 is 0 Å². The third-order valence-electron chi connectivity index (χ3n) is 2.20. The molecule has 0 aliphatic rings. The molecular weight excluding hydrogens is 215 g/mol. The molecule has 0 unspecified atom stereocenters. The third-order valence-corrected chi connectivity index (χ3v) is 2.20. The summed E-state index contributed by atoms with van der Waals surface area (Å²) < 4.78 is 1.68. The van der Waals surface area contributed by atoms with E-state index < -0.39 is 0 Å². The van der Waals surface area contributed by atoms with Crippen LogP contribution in [0.5, 0.6) is 0 Å². The molecule has 74 valence electrons. The fourth-order valence-corrected chi connectivity index (χ4v) is 1.47. The summed E-state index contributed by atoms with van der Waals surface area (Å²) in [6, 6.07) is 9.12. The van der Waals surface area contributed by atoms with Crippen molar-refractivity contribution >= 4 is 16.7 Å². The molecule has 2 rings (SSSR count). The van der Waals surface area contributed by atoms with Crippen LogP contribution in [0.3, 0.4) is 0 Å². The van der Waals surface area contributed by atoms with Gasteiger partial charge in [0.1, 0.15) is 6.07 Å². The molecule has 0 saturated heterocycles. The zero-order valence-corrected chi connectivity index (χ0v) is 11.0. The van der Waals surface area contributed by atoms with Crippen molar-refractivity contribution in [1.29, 1.82) is 5.26 Å². The molecule has 0 saturated carbocycles. The summed E-state index contributed by atoms with van der Waals surface area (Å²) in [6.07, 6.45) is 0. The van der Waals surface area contributed by atoms with Crippen molar-refractivity contribution in [1.82, 2.24) is 9.55 Å². The van der Waals surface area contributed by atoms with Gasteiger partial charge in [0.25, 0.3) is 0 Å². The Kier molecular flexibility index (Phi) is 4.07. The molecule has 5 nitrogen and oxygen atoms in total. The maximum absolute atomic E-state index is 10.4. The summed E-state index contributed by atoms with van der Waals surface area (Å²) in [5, 5.41) is 21.8. The predicted octanol–water partition coefficient (Wildman–Crippen LogP) is -1.61. The van der Waals surface area contributed by atoms with Crippen molar-refractivity contribution in [2.24, 2.45) is 12.2 Å². The molecule has 1 heterocycles. The summed E-state index contributed by atoms with van der Waals surface area (Å²) in [4.78, 5) is 4.16. The van der Waals surface area contributed by atoms with E-state index in [1.54, 1.807) is 17.7 Å². The van der Waals surface area contributed by atoms with Gasteiger partial charge in [0, 0.05) is 7.05 Å². The smallest absolute Gasteiger partial charge is 0.791 e. The number of benzene rings is 1. The molecule has 0 aliphatic heterocycles. The van der Waals surface area contributed by atoms with E-state index in [1.165, 1.54) is 0 Å². The molecular formula is C10H7N4NaO. The van der Waals surface area contributed by atoms with Crippen molar-refractivity contribution in [3.05, 3.63) is 35.3 Å². The van der Waals surface area contributed by atoms with Gasteiger partial charge in [0.05, 0.1) is 11.0 Å². The van der Waals surface area contributed by atoms with Crippen molar-refractivity contribution in [2.75, 3.05) is 0 Å². The number of rotatable bonds is 1. The zero-order chi connectivity index (χ0) is 10.8. The Morgan fingerprint density at radius 1 is 1.50 bits per heavy atom. The topological polar surface area (TPSA) is 77.0 Å². The number of hydrogen-bond donors (Lipinski definition) is 0. The van der Waals surface area contributed by atoms with E-state index in [1.807, 2.05) is 24.3 Å². The first kappa shape index (κ1) is 12.7. The Hall–Kier alpha value is -1.35. The number of imidazole rings is 1. The molecule has 0 N–H and O–H groups in total. The van der Waals surface area contributed by atoms with Crippen LogP contribution in [0.15, 0.2) is 29.4 Å². The van der Waals surface area contributed by atoms with Crippen molar-refractivity contribution < 1.29 is 29.6 Å². The number of para-hydroxylation sites is 2. The van der Waals surface area contributed by atoms with Gasteiger partial charge in [-0.25, -0.2) is 4.98 Å². The molecule has 0 spiro atoms. The Bertz CT molecular complexity index is 582. The summed E-state index contributed by atoms with van der Waals surface area (Å²) in [6.45, 7) is 0. The molecule has 0 fully saturated rings. The second kappa shape index (κ2) is 5.12. The van der Waals surface area contributed by atoms with Gasteiger partial charge in [-0.05, 0) is 12.1 Å². The molecule has 16 heavy (non-hydrogen) atoms. The quantitative estimate of drug-likeness (QED) is 0.331. The van der Waals surface area contributed by atoms with Crippen LogP contribution in [-0.4, -0.2) is 15.3 Å². The summed E-state index contributed by atoms with van der Waals surface area (Å²) in [7, 11) is 1.74. The van der Waals surface area contributed by atoms with Gasteiger partial charge in [0.2, 0.25) is 0 Å². The molecule has 0 aliphatic carbocycles. The van der Waals surface area contributed by atoms with Crippen molar-refractivity contribution in [3.63, 3.8) is 0 Å². The Labute approximate surface area is 114 Å². The molecule has 0 radical (unpaired) electrons. The van der Waals surface area contributed by atoms with Gasteiger partial charge in [-0.15, -0.1) is 0 Å². The van der Waals surface area contributed by atoms with Gasteiger partial charge in [-0.2, -0.15) is 5.26 Å². The monoisotopic (exact) mass is 222 g/mol. The van der Waals surface area contributed by atoms with Crippen molar-refractivity contribution in [3.8, 4) is 6.07 Å². The van der Waals surface area contributed by atoms with Crippen LogP contribution in [0.25, 0.3) is 11.0 Å². The first-order chi connectivity index (χ1) is 7.27. The van der Waals surface area contributed by atoms with Crippen LogP contribution in [0.1, 0.15) is 5.82 Å². The fourth-order valence-electron chi connectivity index (χ4n) is 1.47. The van der Waals surface area contributed by atoms with Gasteiger partial charge in [-0.3, -0.25) is 0 Å². The van der Waals surface area contributed by atoms with Crippen LogP contribution in [0.4, 0.5) is 0 Å². The number of nitrogens with zero attached hydrogens (tertiary/aromatic N) is 4. The van der Waals surface area contributed by atoms with E-state index in [2.05, 4.69) is 10.1 Å². The minimum absolute atomic E-state index is 0. The molecule has 1 aromatic carbocycles.